The molecule has 0 unspecified atom stereocenters. The molecule has 144 heavy (non-hydrogen) atoms. The molecule has 0 saturated heterocycles. The van der Waals surface area contributed by atoms with Crippen molar-refractivity contribution in [3.05, 3.63) is 532 Å². The fourth-order valence-electron chi connectivity index (χ4n) is 21.4. The van der Waals surface area contributed by atoms with Crippen molar-refractivity contribution in [1.29, 1.82) is 0 Å². The van der Waals surface area contributed by atoms with Crippen molar-refractivity contribution in [3.8, 4) is 178 Å². The lowest BCUT2D eigenvalue weighted by Crippen LogP contribution is -2.09. The average Bonchev–Trinajstić information content (AvgIpc) is 0.690. The van der Waals surface area contributed by atoms with E-state index >= 15 is 33.7 Å². The van der Waals surface area contributed by atoms with Crippen molar-refractivity contribution in [3.63, 3.8) is 0 Å². The lowest BCUT2D eigenvalue weighted by Gasteiger charge is -2.31. The van der Waals surface area contributed by atoms with Gasteiger partial charge in [0.25, 0.3) is 0 Å². The maximum atomic E-state index is 15.7. The molecule has 22 aromatic carbocycles. The molecule has 7 aliphatic rings. The molecule has 0 aliphatic carbocycles. The quantitative estimate of drug-likeness (QED) is 0.118. The monoisotopic (exact) mass is 1930 g/mol. The molecular weight excluding hydrogens is 1840 g/mol. The summed E-state index contributed by atoms with van der Waals surface area (Å²) >= 11 is 0. The van der Waals surface area contributed by atoms with Crippen LogP contribution in [0, 0.1) is 0 Å². The lowest BCUT2D eigenvalue weighted by atomic mass is 9.71. The van der Waals surface area contributed by atoms with E-state index in [1.54, 1.807) is 0 Å². The molecule has 0 spiro atoms. The summed E-state index contributed by atoms with van der Waals surface area (Å²) in [7, 11) is -17.3. The van der Waals surface area contributed by atoms with Crippen LogP contribution in [-0.4, -0.2) is 33.7 Å². The highest BCUT2D eigenvalue weighted by molar-refractivity contribution is 7.92. The van der Waals surface area contributed by atoms with Gasteiger partial charge in [0.15, 0.2) is 39.3 Å². The summed E-state index contributed by atoms with van der Waals surface area (Å²) in [5.41, 5.74) is 30.2. The zero-order valence-electron chi connectivity index (χ0n) is 78.2. The first kappa shape index (κ1) is 91.0. The Balaban J connectivity index is 0.779. The van der Waals surface area contributed by atoms with E-state index in [-0.39, 0.29) is 19.6 Å². The third-order valence-electron chi connectivity index (χ3n) is 27.7. The number of rotatable bonds is 12. The summed E-state index contributed by atoms with van der Waals surface area (Å²) in [6, 6.07) is 168. The summed E-state index contributed by atoms with van der Waals surface area (Å²) in [5, 5.41) is 3.51. The van der Waals surface area contributed by atoms with Crippen molar-refractivity contribution < 1.29 is 33.7 Å². The Morgan fingerprint density at radius 2 is 0.222 bits per heavy atom. The molecule has 16 bridgehead atoms. The van der Waals surface area contributed by atoms with Crippen LogP contribution in [0.5, 0.6) is 0 Å². The molecule has 7 aliphatic heterocycles. The summed E-state index contributed by atoms with van der Waals surface area (Å²) in [6.45, 7) is 0. The standard InChI is InChI=1S/C132H92O8S4/c133-141(134)85-89-67-75-105(76-68-89)125-117(97-47-21-5-22-48-97)118(98-49-23-6-24-50-98)126(130-122(102-57-31-10-32-58-102)114(94-41-15-2-16-42-94)113(93-39-13-1-14-40-93)121(129(125)130)101-55-29-9-30-56-101)106-77-69-90(70-78-106)86-142(135,136)110-64-38-66-112(84-110)144(139,140)88-92-73-81-108(82-74-92)128-120(100-53-27-8-28-54-100)119(99-51-25-7-26-52-99)127(107-79-71-91(72-80-107)87-143(137,138)111-65-37-63-109(141)83-111)131-123(103-59-33-11-34-60-103)115(95-43-17-3-18-44-95)116(96-45-19-4-20-46-96)124(132(128)131)104-61-35-12-36-62-104/h1-84H,85-88H2. The smallest absolute Gasteiger partial charge is 0.182 e. The predicted octanol–water partition coefficient (Wildman–Crippen LogP) is 32.9. The maximum absolute atomic E-state index is 15.7. The molecule has 8 nitrogen and oxygen atoms in total. The molecule has 29 rings (SSSR count). The first-order valence-electron chi connectivity index (χ1n) is 48.1. The highest BCUT2D eigenvalue weighted by Gasteiger charge is 2.38. The number of hydrogen-bond acceptors (Lipinski definition) is 8. The van der Waals surface area contributed by atoms with Crippen LogP contribution in [0.25, 0.3) is 200 Å². The Bertz CT molecular complexity index is 8080. The first-order valence-corrected chi connectivity index (χ1v) is 54.7. The van der Waals surface area contributed by atoms with Crippen LogP contribution in [0.1, 0.15) is 22.3 Å². The van der Waals surface area contributed by atoms with Gasteiger partial charge in [0.05, 0.1) is 42.6 Å². The van der Waals surface area contributed by atoms with E-state index in [0.29, 0.717) is 22.3 Å². The van der Waals surface area contributed by atoms with Gasteiger partial charge in [-0.15, -0.1) is 0 Å². The Labute approximate surface area is 840 Å². The summed E-state index contributed by atoms with van der Waals surface area (Å²) in [6.07, 6.45) is 0. The second-order valence-electron chi connectivity index (χ2n) is 36.7. The van der Waals surface area contributed by atoms with Crippen molar-refractivity contribution in [2.75, 3.05) is 0 Å². The van der Waals surface area contributed by atoms with Gasteiger partial charge in [0.2, 0.25) is 0 Å². The SMILES string of the molecule is O=S1(=O)Cc2ccc(cc2)-c2c(-c3ccccc3)c(-c3ccccc3)c(c3c(-c4ccccc4)c(-c4ccccc4)c(-c4ccccc4)c(-c4ccccc4)c23)-c2ccc(cc2)CS(=O)(=O)c2cccc(c2)S(=O)(=O)Cc2ccc(cc2)-c2c(-c3ccccc3)c(-c3ccccc3)c(c3c(-c4ccccc4)c(-c4ccccc4)c(-c4ccccc4)c(-c4ccccc4)c23)-c2ccc(cc2)CS(=O)(=O)c2cccc1c2. The van der Waals surface area contributed by atoms with Gasteiger partial charge in [-0.1, -0.05) is 473 Å². The van der Waals surface area contributed by atoms with Gasteiger partial charge in [-0.3, -0.25) is 0 Å². The van der Waals surface area contributed by atoms with Crippen molar-refractivity contribution in [2.24, 2.45) is 0 Å². The van der Waals surface area contributed by atoms with Gasteiger partial charge >= 0.3 is 0 Å². The van der Waals surface area contributed by atoms with Crippen LogP contribution < -0.4 is 0 Å². The van der Waals surface area contributed by atoms with E-state index in [2.05, 4.69) is 243 Å². The van der Waals surface area contributed by atoms with E-state index in [9.17, 15) is 0 Å². The molecule has 22 aromatic rings. The lowest BCUT2D eigenvalue weighted by molar-refractivity contribution is 0.590. The van der Waals surface area contributed by atoms with E-state index in [1.807, 2.05) is 218 Å². The van der Waals surface area contributed by atoms with Crippen LogP contribution >= 0.6 is 0 Å². The minimum atomic E-state index is -4.32. The minimum absolute atomic E-state index is 0.151. The average molecular weight is 1930 g/mol. The number of fused-ring (bicyclic) bond motifs is 2. The van der Waals surface area contributed by atoms with Gasteiger partial charge in [-0.25, -0.2) is 33.7 Å². The van der Waals surface area contributed by atoms with Gasteiger partial charge in [-0.05, 0) is 258 Å². The van der Waals surface area contributed by atoms with E-state index in [4.69, 9.17) is 0 Å². The molecule has 0 N–H and O–H groups in total. The third-order valence-corrected chi connectivity index (χ3v) is 34.4. The minimum Gasteiger partial charge on any atom is -0.223 e. The Morgan fingerprint density at radius 1 is 0.111 bits per heavy atom. The fraction of sp³-hybridized carbons (Fsp3) is 0.0303. The zero-order valence-corrected chi connectivity index (χ0v) is 81.5. The molecule has 0 saturated carbocycles. The largest absolute Gasteiger partial charge is 0.223 e. The van der Waals surface area contributed by atoms with Crippen LogP contribution in [0.15, 0.2) is 529 Å². The van der Waals surface area contributed by atoms with Gasteiger partial charge in [0, 0.05) is 0 Å². The molecule has 0 radical (unpaired) electrons. The molecule has 7 heterocycles. The predicted molar refractivity (Wildman–Crippen MR) is 591 cm³/mol. The molecule has 0 aromatic heterocycles. The normalized spacial score (nSPS) is 13.6. The van der Waals surface area contributed by atoms with Crippen LogP contribution in [0.3, 0.4) is 0 Å². The number of sulfone groups is 4. The third kappa shape index (κ3) is 17.2. The van der Waals surface area contributed by atoms with E-state index in [0.717, 1.165) is 200 Å². The van der Waals surface area contributed by atoms with Gasteiger partial charge < -0.3 is 0 Å². The van der Waals surface area contributed by atoms with Crippen molar-refractivity contribution >= 4 is 60.9 Å². The zero-order chi connectivity index (χ0) is 97.6. The Kier molecular flexibility index (Phi) is 24.2. The van der Waals surface area contributed by atoms with Crippen LogP contribution in [-0.2, 0) is 62.4 Å². The van der Waals surface area contributed by atoms with Crippen LogP contribution in [0.2, 0.25) is 0 Å². The molecule has 0 fully saturated rings. The van der Waals surface area contributed by atoms with Gasteiger partial charge in [-0.2, -0.15) is 0 Å². The second kappa shape index (κ2) is 38.3. The first-order chi connectivity index (χ1) is 70.5. The summed E-state index contributed by atoms with van der Waals surface area (Å²) < 4.78 is 125. The van der Waals surface area contributed by atoms with Crippen molar-refractivity contribution in [2.45, 2.75) is 42.6 Å². The second-order valence-corrected chi connectivity index (χ2v) is 44.6. The molecular formula is C132H92O8S4. The highest BCUT2D eigenvalue weighted by atomic mass is 32.2. The topological polar surface area (TPSA) is 137 Å². The van der Waals surface area contributed by atoms with Crippen LogP contribution in [0.4, 0.5) is 0 Å². The van der Waals surface area contributed by atoms with Crippen molar-refractivity contribution in [1.82, 2.24) is 0 Å². The fourth-order valence-corrected chi connectivity index (χ4v) is 27.1. The highest BCUT2D eigenvalue weighted by Crippen LogP contribution is 2.63. The summed E-state index contributed by atoms with van der Waals surface area (Å²) in [4.78, 5) is -0.604. The maximum Gasteiger partial charge on any atom is 0.182 e. The molecule has 0 amide bonds. The number of benzene rings is 22. The molecule has 692 valence electrons. The Hall–Kier alpha value is -16.8. The van der Waals surface area contributed by atoms with Gasteiger partial charge in [0.1, 0.15) is 0 Å². The van der Waals surface area contributed by atoms with E-state index in [1.165, 1.54) is 48.5 Å². The number of hydrogen-bond donors (Lipinski definition) is 0. The Morgan fingerprint density at radius 3 is 0.347 bits per heavy atom. The molecule has 12 heteroatoms. The molecule has 0 atom stereocenters. The van der Waals surface area contributed by atoms with E-state index < -0.39 is 62.4 Å². The summed E-state index contributed by atoms with van der Waals surface area (Å²) in [5.74, 6) is -1.91.